The van der Waals surface area contributed by atoms with Crippen molar-refractivity contribution in [2.45, 2.75) is 20.1 Å². The first-order valence-electron chi connectivity index (χ1n) is 9.70. The first-order chi connectivity index (χ1) is 13.8. The number of aromatic nitrogens is 1. The summed E-state index contributed by atoms with van der Waals surface area (Å²) in [4.78, 5) is 0. The summed E-state index contributed by atoms with van der Waals surface area (Å²) >= 11 is 0. The van der Waals surface area contributed by atoms with E-state index in [9.17, 15) is 0 Å². The Morgan fingerprint density at radius 1 is 0.750 bits per heavy atom. The molecule has 2 heteroatoms. The SMILES string of the molecule is CC[n+]1c(C=Cc2ccc(OCc3ccccc3)cc2)ccc2ccccc21. The van der Waals surface area contributed by atoms with Crippen LogP contribution in [0.2, 0.25) is 0 Å². The maximum atomic E-state index is 5.87. The van der Waals surface area contributed by atoms with Crippen LogP contribution in [-0.2, 0) is 13.2 Å². The van der Waals surface area contributed by atoms with Gasteiger partial charge in [0.25, 0.3) is 0 Å². The Bertz CT molecular complexity index is 1080. The van der Waals surface area contributed by atoms with E-state index in [2.05, 4.69) is 84.3 Å². The second-order valence-corrected chi connectivity index (χ2v) is 6.74. The van der Waals surface area contributed by atoms with Crippen LogP contribution in [0, 0.1) is 0 Å². The van der Waals surface area contributed by atoms with E-state index in [0.717, 1.165) is 17.9 Å². The highest BCUT2D eigenvalue weighted by Gasteiger charge is 2.10. The van der Waals surface area contributed by atoms with Gasteiger partial charge < -0.3 is 4.74 Å². The van der Waals surface area contributed by atoms with Crippen molar-refractivity contribution in [1.29, 1.82) is 0 Å². The van der Waals surface area contributed by atoms with Crippen LogP contribution in [0.15, 0.2) is 91.0 Å². The molecule has 0 radical (unpaired) electrons. The maximum absolute atomic E-state index is 5.87. The van der Waals surface area contributed by atoms with E-state index >= 15 is 0 Å². The fraction of sp³-hybridized carbons (Fsp3) is 0.115. The monoisotopic (exact) mass is 366 g/mol. The Morgan fingerprint density at radius 3 is 2.29 bits per heavy atom. The molecule has 4 rings (SSSR count). The Labute approximate surface area is 166 Å². The summed E-state index contributed by atoms with van der Waals surface area (Å²) in [6.45, 7) is 3.71. The predicted molar refractivity (Wildman–Crippen MR) is 116 cm³/mol. The van der Waals surface area contributed by atoms with Crippen LogP contribution in [0.4, 0.5) is 0 Å². The number of para-hydroxylation sites is 1. The van der Waals surface area contributed by atoms with Crippen LogP contribution in [0.25, 0.3) is 23.1 Å². The number of nitrogens with zero attached hydrogens (tertiary/aromatic N) is 1. The smallest absolute Gasteiger partial charge is 0.212 e. The fourth-order valence-corrected chi connectivity index (χ4v) is 3.37. The van der Waals surface area contributed by atoms with Crippen molar-refractivity contribution < 1.29 is 9.30 Å². The molecule has 4 aromatic rings. The van der Waals surface area contributed by atoms with Crippen molar-refractivity contribution in [3.05, 3.63) is 108 Å². The second kappa shape index (κ2) is 8.53. The van der Waals surface area contributed by atoms with Gasteiger partial charge in [-0.15, -0.1) is 0 Å². The lowest BCUT2D eigenvalue weighted by Crippen LogP contribution is -2.36. The van der Waals surface area contributed by atoms with Gasteiger partial charge in [-0.1, -0.05) is 54.6 Å². The molecule has 1 aromatic heterocycles. The van der Waals surface area contributed by atoms with Crippen molar-refractivity contribution in [2.75, 3.05) is 0 Å². The average molecular weight is 366 g/mol. The Balaban J connectivity index is 1.48. The quantitative estimate of drug-likeness (QED) is 0.387. The number of ether oxygens (including phenoxy) is 1. The molecule has 0 aliphatic heterocycles. The molecule has 28 heavy (non-hydrogen) atoms. The van der Waals surface area contributed by atoms with Crippen molar-refractivity contribution in [1.82, 2.24) is 0 Å². The van der Waals surface area contributed by atoms with Crippen LogP contribution in [-0.4, -0.2) is 0 Å². The molecule has 0 bridgehead atoms. The van der Waals surface area contributed by atoms with Gasteiger partial charge in [0.15, 0.2) is 0 Å². The summed E-state index contributed by atoms with van der Waals surface area (Å²) < 4.78 is 8.20. The molecule has 0 N–H and O–H groups in total. The van der Waals surface area contributed by atoms with Crippen molar-refractivity contribution in [2.24, 2.45) is 0 Å². The van der Waals surface area contributed by atoms with Gasteiger partial charge in [0, 0.05) is 23.6 Å². The number of benzene rings is 3. The van der Waals surface area contributed by atoms with Gasteiger partial charge >= 0.3 is 0 Å². The van der Waals surface area contributed by atoms with E-state index < -0.39 is 0 Å². The molecule has 0 aliphatic rings. The number of aryl methyl sites for hydroxylation is 1. The van der Waals surface area contributed by atoms with E-state index in [1.165, 1.54) is 22.2 Å². The lowest BCUT2D eigenvalue weighted by atomic mass is 10.1. The summed E-state index contributed by atoms with van der Waals surface area (Å²) in [6.07, 6.45) is 4.33. The van der Waals surface area contributed by atoms with Gasteiger partial charge in [-0.05, 0) is 48.4 Å². The molecular weight excluding hydrogens is 342 g/mol. The minimum atomic E-state index is 0.587. The lowest BCUT2D eigenvalue weighted by Gasteiger charge is -2.06. The van der Waals surface area contributed by atoms with Crippen molar-refractivity contribution in [3.8, 4) is 5.75 Å². The molecular formula is C26H24NO+. The molecule has 0 spiro atoms. The largest absolute Gasteiger partial charge is 0.489 e. The van der Waals surface area contributed by atoms with E-state index in [4.69, 9.17) is 4.74 Å². The van der Waals surface area contributed by atoms with Gasteiger partial charge in [-0.25, -0.2) is 0 Å². The van der Waals surface area contributed by atoms with Crippen LogP contribution in [0.5, 0.6) is 5.75 Å². The molecule has 0 saturated heterocycles. The zero-order valence-corrected chi connectivity index (χ0v) is 16.1. The van der Waals surface area contributed by atoms with Crippen molar-refractivity contribution >= 4 is 23.1 Å². The first kappa shape index (κ1) is 18.0. The number of hydrogen-bond acceptors (Lipinski definition) is 1. The highest BCUT2D eigenvalue weighted by molar-refractivity contribution is 5.77. The van der Waals surface area contributed by atoms with Crippen LogP contribution in [0.1, 0.15) is 23.7 Å². The summed E-state index contributed by atoms with van der Waals surface area (Å²) in [5, 5.41) is 1.27. The van der Waals surface area contributed by atoms with Gasteiger partial charge in [0.2, 0.25) is 11.2 Å². The summed E-state index contributed by atoms with van der Waals surface area (Å²) in [5.41, 5.74) is 4.79. The predicted octanol–water partition coefficient (Wildman–Crippen LogP) is 5.90. The third-order valence-corrected chi connectivity index (χ3v) is 4.86. The van der Waals surface area contributed by atoms with Crippen LogP contribution >= 0.6 is 0 Å². The average Bonchev–Trinajstić information content (AvgIpc) is 2.77. The third-order valence-electron chi connectivity index (χ3n) is 4.86. The van der Waals surface area contributed by atoms with Gasteiger partial charge in [0.1, 0.15) is 18.9 Å². The first-order valence-corrected chi connectivity index (χ1v) is 9.70. The van der Waals surface area contributed by atoms with Crippen molar-refractivity contribution in [3.63, 3.8) is 0 Å². The third kappa shape index (κ3) is 4.12. The molecule has 1 heterocycles. The summed E-state index contributed by atoms with van der Waals surface area (Å²) in [7, 11) is 0. The topological polar surface area (TPSA) is 13.1 Å². The Morgan fingerprint density at radius 2 is 1.50 bits per heavy atom. The minimum absolute atomic E-state index is 0.587. The summed E-state index contributed by atoms with van der Waals surface area (Å²) in [6, 6.07) is 31.3. The zero-order valence-electron chi connectivity index (χ0n) is 16.1. The minimum Gasteiger partial charge on any atom is -0.489 e. The molecule has 0 atom stereocenters. The number of hydrogen-bond donors (Lipinski definition) is 0. The molecule has 2 nitrogen and oxygen atoms in total. The molecule has 0 fully saturated rings. The molecule has 0 amide bonds. The van der Waals surface area contributed by atoms with Gasteiger partial charge in [-0.3, -0.25) is 0 Å². The van der Waals surface area contributed by atoms with Crippen LogP contribution < -0.4 is 9.30 Å². The molecule has 3 aromatic carbocycles. The van der Waals surface area contributed by atoms with E-state index in [0.29, 0.717) is 6.61 Å². The normalized spacial score (nSPS) is 11.2. The molecule has 0 unspecified atom stereocenters. The molecule has 138 valence electrons. The maximum Gasteiger partial charge on any atom is 0.212 e. The number of pyridine rings is 1. The molecule has 0 aliphatic carbocycles. The van der Waals surface area contributed by atoms with E-state index in [1.54, 1.807) is 0 Å². The standard InChI is InChI=1S/C26H24NO/c1-2-27-24(17-15-23-10-6-7-11-26(23)27)16-12-21-13-18-25(19-14-21)28-20-22-8-4-3-5-9-22/h3-19H,2,20H2,1H3/q+1. The Kier molecular flexibility index (Phi) is 5.48. The molecule has 0 saturated carbocycles. The van der Waals surface area contributed by atoms with Gasteiger partial charge in [-0.2, -0.15) is 4.57 Å². The Hall–Kier alpha value is -3.39. The van der Waals surface area contributed by atoms with E-state index in [1.807, 2.05) is 30.3 Å². The summed E-state index contributed by atoms with van der Waals surface area (Å²) in [5.74, 6) is 0.885. The fourth-order valence-electron chi connectivity index (χ4n) is 3.37. The van der Waals surface area contributed by atoms with E-state index in [-0.39, 0.29) is 0 Å². The number of fused-ring (bicyclic) bond motifs is 1. The second-order valence-electron chi connectivity index (χ2n) is 6.74. The lowest BCUT2D eigenvalue weighted by molar-refractivity contribution is -0.669. The van der Waals surface area contributed by atoms with Crippen LogP contribution in [0.3, 0.4) is 0 Å². The highest BCUT2D eigenvalue weighted by Crippen LogP contribution is 2.17. The highest BCUT2D eigenvalue weighted by atomic mass is 16.5. The van der Waals surface area contributed by atoms with Gasteiger partial charge in [0.05, 0.1) is 0 Å². The number of rotatable bonds is 6. The zero-order chi connectivity index (χ0) is 19.2.